The summed E-state index contributed by atoms with van der Waals surface area (Å²) in [6, 6.07) is 17.0. The Labute approximate surface area is 152 Å². The minimum absolute atomic E-state index is 0.320. The predicted molar refractivity (Wildman–Crippen MR) is 106 cm³/mol. The molecule has 1 aliphatic carbocycles. The molecule has 2 aromatic rings. The van der Waals surface area contributed by atoms with E-state index in [0.717, 1.165) is 31.2 Å². The summed E-state index contributed by atoms with van der Waals surface area (Å²) in [5, 5.41) is 0. The van der Waals surface area contributed by atoms with Crippen molar-refractivity contribution >= 4 is 5.78 Å². The average molecular weight is 335 g/mol. The number of hydrogen-bond donors (Lipinski definition) is 0. The van der Waals surface area contributed by atoms with Crippen molar-refractivity contribution in [2.75, 3.05) is 0 Å². The first-order valence-electron chi connectivity index (χ1n) is 9.69. The molecule has 0 unspecified atom stereocenters. The van der Waals surface area contributed by atoms with Gasteiger partial charge in [0.1, 0.15) is 0 Å². The number of benzene rings is 2. The van der Waals surface area contributed by atoms with Gasteiger partial charge in [-0.1, -0.05) is 76.9 Å². The second-order valence-corrected chi connectivity index (χ2v) is 8.18. The van der Waals surface area contributed by atoms with Crippen LogP contribution in [0, 0.1) is 0 Å². The lowest BCUT2D eigenvalue weighted by atomic mass is 9.72. The fourth-order valence-corrected chi connectivity index (χ4v) is 4.13. The first kappa shape index (κ1) is 17.9. The molecule has 1 nitrogen and oxygen atoms in total. The van der Waals surface area contributed by atoms with Crippen LogP contribution in [0.2, 0.25) is 0 Å². The van der Waals surface area contributed by atoms with Crippen LogP contribution in [-0.2, 0) is 5.41 Å². The maximum absolute atomic E-state index is 13.7. The Morgan fingerprint density at radius 3 is 1.84 bits per heavy atom. The SMILES string of the molecule is CC(C)c1cc(C(=O)C2(c3ccccc3)CCCC2)cc(C(C)C)c1. The zero-order chi connectivity index (χ0) is 18.0. The largest absolute Gasteiger partial charge is 0.293 e. The molecular formula is C24H30O. The highest BCUT2D eigenvalue weighted by Gasteiger charge is 2.42. The van der Waals surface area contributed by atoms with Crippen LogP contribution in [0.25, 0.3) is 0 Å². The summed E-state index contributed by atoms with van der Waals surface area (Å²) in [5.74, 6) is 1.18. The van der Waals surface area contributed by atoms with Crippen molar-refractivity contribution in [3.05, 3.63) is 70.8 Å². The Morgan fingerprint density at radius 2 is 1.36 bits per heavy atom. The molecule has 0 aromatic heterocycles. The zero-order valence-corrected chi connectivity index (χ0v) is 16.0. The lowest BCUT2D eigenvalue weighted by Gasteiger charge is -2.29. The van der Waals surface area contributed by atoms with Crippen LogP contribution in [0.5, 0.6) is 0 Å². The summed E-state index contributed by atoms with van der Waals surface area (Å²) in [5.41, 5.74) is 4.32. The number of hydrogen-bond acceptors (Lipinski definition) is 1. The van der Waals surface area contributed by atoms with E-state index in [4.69, 9.17) is 0 Å². The maximum Gasteiger partial charge on any atom is 0.173 e. The summed E-state index contributed by atoms with van der Waals surface area (Å²) < 4.78 is 0. The fraction of sp³-hybridized carbons (Fsp3) is 0.458. The predicted octanol–water partition coefficient (Wildman–Crippen LogP) is 6.63. The van der Waals surface area contributed by atoms with Crippen LogP contribution in [0.3, 0.4) is 0 Å². The van der Waals surface area contributed by atoms with Crippen LogP contribution >= 0.6 is 0 Å². The van der Waals surface area contributed by atoms with Gasteiger partial charge in [-0.05, 0) is 53.5 Å². The van der Waals surface area contributed by atoms with Crippen LogP contribution in [0.4, 0.5) is 0 Å². The van der Waals surface area contributed by atoms with Crippen molar-refractivity contribution in [2.45, 2.75) is 70.6 Å². The minimum Gasteiger partial charge on any atom is -0.293 e. The third-order valence-corrected chi connectivity index (χ3v) is 5.79. The molecule has 1 fully saturated rings. The lowest BCUT2D eigenvalue weighted by molar-refractivity contribution is 0.0886. The highest BCUT2D eigenvalue weighted by Crippen LogP contribution is 2.44. The van der Waals surface area contributed by atoms with Gasteiger partial charge in [-0.15, -0.1) is 0 Å². The number of ketones is 1. The van der Waals surface area contributed by atoms with Gasteiger partial charge in [0.25, 0.3) is 0 Å². The van der Waals surface area contributed by atoms with E-state index in [0.29, 0.717) is 17.6 Å². The van der Waals surface area contributed by atoms with Gasteiger partial charge in [0.15, 0.2) is 5.78 Å². The quantitative estimate of drug-likeness (QED) is 0.561. The molecule has 0 bridgehead atoms. The number of rotatable bonds is 5. The molecular weight excluding hydrogens is 304 g/mol. The summed E-state index contributed by atoms with van der Waals surface area (Å²) in [7, 11) is 0. The maximum atomic E-state index is 13.7. The van der Waals surface area contributed by atoms with E-state index >= 15 is 0 Å². The highest BCUT2D eigenvalue weighted by molar-refractivity contribution is 6.04. The molecule has 1 saturated carbocycles. The fourth-order valence-electron chi connectivity index (χ4n) is 4.13. The molecule has 2 aromatic carbocycles. The van der Waals surface area contributed by atoms with Gasteiger partial charge in [-0.3, -0.25) is 4.79 Å². The number of carbonyl (C=O) groups excluding carboxylic acids is 1. The van der Waals surface area contributed by atoms with Crippen molar-refractivity contribution in [1.29, 1.82) is 0 Å². The Morgan fingerprint density at radius 1 is 0.840 bits per heavy atom. The topological polar surface area (TPSA) is 17.1 Å². The summed E-state index contributed by atoms with van der Waals surface area (Å²) >= 11 is 0. The smallest absolute Gasteiger partial charge is 0.173 e. The second-order valence-electron chi connectivity index (χ2n) is 8.18. The molecule has 132 valence electrons. The first-order chi connectivity index (χ1) is 11.9. The second kappa shape index (κ2) is 7.15. The monoisotopic (exact) mass is 334 g/mol. The molecule has 1 heteroatoms. The van der Waals surface area contributed by atoms with E-state index in [9.17, 15) is 4.79 Å². The van der Waals surface area contributed by atoms with E-state index in [-0.39, 0.29) is 5.41 Å². The number of Topliss-reactive ketones (excluding diaryl/α,β-unsaturated/α-hetero) is 1. The minimum atomic E-state index is -0.328. The molecule has 0 amide bonds. The van der Waals surface area contributed by atoms with Crippen molar-refractivity contribution in [2.24, 2.45) is 0 Å². The van der Waals surface area contributed by atoms with Gasteiger partial charge in [0, 0.05) is 5.56 Å². The van der Waals surface area contributed by atoms with Gasteiger partial charge >= 0.3 is 0 Å². The van der Waals surface area contributed by atoms with Crippen LogP contribution in [0.15, 0.2) is 48.5 Å². The van der Waals surface area contributed by atoms with Crippen molar-refractivity contribution in [1.82, 2.24) is 0 Å². The van der Waals surface area contributed by atoms with Gasteiger partial charge in [0.05, 0.1) is 5.41 Å². The summed E-state index contributed by atoms with van der Waals surface area (Å²) in [4.78, 5) is 13.7. The molecule has 3 rings (SSSR count). The van der Waals surface area contributed by atoms with Crippen molar-refractivity contribution in [3.8, 4) is 0 Å². The molecule has 25 heavy (non-hydrogen) atoms. The molecule has 0 aliphatic heterocycles. The van der Waals surface area contributed by atoms with Crippen molar-refractivity contribution in [3.63, 3.8) is 0 Å². The van der Waals surface area contributed by atoms with E-state index in [1.54, 1.807) is 0 Å². The Hall–Kier alpha value is -1.89. The van der Waals surface area contributed by atoms with Crippen LogP contribution < -0.4 is 0 Å². The molecule has 0 saturated heterocycles. The zero-order valence-electron chi connectivity index (χ0n) is 16.0. The normalized spacial score (nSPS) is 16.6. The summed E-state index contributed by atoms with van der Waals surface area (Å²) in [6.45, 7) is 8.82. The standard InChI is InChI=1S/C24H30O/c1-17(2)19-14-20(18(3)4)16-21(15-19)23(25)24(12-8-9-13-24)22-10-6-5-7-11-22/h5-7,10-11,14-18H,8-9,12-13H2,1-4H3. The third-order valence-electron chi connectivity index (χ3n) is 5.79. The molecule has 0 heterocycles. The molecule has 0 radical (unpaired) electrons. The molecule has 1 aliphatic rings. The Kier molecular flexibility index (Phi) is 5.13. The first-order valence-corrected chi connectivity index (χ1v) is 9.69. The van der Waals surface area contributed by atoms with E-state index in [2.05, 4.69) is 70.2 Å². The van der Waals surface area contributed by atoms with Crippen LogP contribution in [-0.4, -0.2) is 5.78 Å². The Balaban J connectivity index is 2.09. The van der Waals surface area contributed by atoms with Crippen LogP contribution in [0.1, 0.15) is 92.3 Å². The number of carbonyl (C=O) groups is 1. The van der Waals surface area contributed by atoms with Gasteiger partial charge in [-0.25, -0.2) is 0 Å². The van der Waals surface area contributed by atoms with Gasteiger partial charge < -0.3 is 0 Å². The van der Waals surface area contributed by atoms with E-state index in [1.165, 1.54) is 16.7 Å². The molecule has 0 spiro atoms. The van der Waals surface area contributed by atoms with E-state index in [1.807, 2.05) is 6.07 Å². The van der Waals surface area contributed by atoms with E-state index < -0.39 is 0 Å². The molecule has 0 N–H and O–H groups in total. The summed E-state index contributed by atoms with van der Waals surface area (Å²) in [6.07, 6.45) is 4.22. The lowest BCUT2D eigenvalue weighted by Crippen LogP contribution is -2.33. The highest BCUT2D eigenvalue weighted by atomic mass is 16.1. The van der Waals surface area contributed by atoms with Crippen molar-refractivity contribution < 1.29 is 4.79 Å². The average Bonchev–Trinajstić information content (AvgIpc) is 3.12. The third kappa shape index (κ3) is 3.42. The molecule has 0 atom stereocenters. The van der Waals surface area contributed by atoms with Gasteiger partial charge in [-0.2, -0.15) is 0 Å². The Bertz CT molecular complexity index is 708. The van der Waals surface area contributed by atoms with Gasteiger partial charge in [0.2, 0.25) is 0 Å².